The van der Waals surface area contributed by atoms with E-state index in [0.29, 0.717) is 67.2 Å². The number of rotatable bonds is 5. The zero-order valence-corrected chi connectivity index (χ0v) is 22.8. The minimum absolute atomic E-state index is 0.271. The molecule has 1 unspecified atom stereocenters. The summed E-state index contributed by atoms with van der Waals surface area (Å²) in [5.74, 6) is 1.72. The molecule has 1 aliphatic rings. The molecule has 7 rings (SSSR count). The average Bonchev–Trinajstić information content (AvgIpc) is 3.44. The van der Waals surface area contributed by atoms with Crippen LogP contribution in [0.3, 0.4) is 0 Å². The summed E-state index contributed by atoms with van der Waals surface area (Å²) in [6.07, 6.45) is 1.51. The maximum Gasteiger partial charge on any atom is 0.344 e. The molecule has 1 atom stereocenters. The molecule has 4 heterocycles. The van der Waals surface area contributed by atoms with Gasteiger partial charge >= 0.3 is 5.63 Å². The molecule has 0 radical (unpaired) electrons. The van der Waals surface area contributed by atoms with Gasteiger partial charge in [-0.1, -0.05) is 35.9 Å². The Morgan fingerprint density at radius 3 is 2.56 bits per heavy atom. The van der Waals surface area contributed by atoms with E-state index in [9.17, 15) is 4.79 Å². The van der Waals surface area contributed by atoms with Crippen LogP contribution in [0.1, 0.15) is 22.6 Å². The summed E-state index contributed by atoms with van der Waals surface area (Å²) in [5, 5.41) is 5.80. The van der Waals surface area contributed by atoms with Crippen molar-refractivity contribution in [3.63, 3.8) is 0 Å². The van der Waals surface area contributed by atoms with Crippen molar-refractivity contribution in [2.75, 3.05) is 21.3 Å². The first-order valence-electron chi connectivity index (χ1n) is 12.6. The van der Waals surface area contributed by atoms with Crippen LogP contribution in [0.25, 0.3) is 28.0 Å². The third-order valence-corrected chi connectivity index (χ3v) is 7.34. The van der Waals surface area contributed by atoms with E-state index in [1.165, 1.54) is 10.8 Å². The number of aromatic nitrogens is 4. The second kappa shape index (κ2) is 9.53. The second-order valence-corrected chi connectivity index (χ2v) is 9.69. The van der Waals surface area contributed by atoms with Crippen molar-refractivity contribution in [2.45, 2.75) is 5.92 Å². The molecule has 3 aromatic carbocycles. The summed E-state index contributed by atoms with van der Waals surface area (Å²) in [6, 6.07) is 17.9. The Morgan fingerprint density at radius 2 is 1.76 bits per heavy atom. The Morgan fingerprint density at radius 1 is 0.927 bits per heavy atom. The first-order valence-corrected chi connectivity index (χ1v) is 12.9. The number of benzene rings is 3. The summed E-state index contributed by atoms with van der Waals surface area (Å²) in [5.41, 5.74) is 2.28. The minimum Gasteiger partial charge on any atom is -0.496 e. The largest absolute Gasteiger partial charge is 0.496 e. The molecule has 0 amide bonds. The fourth-order valence-electron chi connectivity index (χ4n) is 5.35. The van der Waals surface area contributed by atoms with Crippen molar-refractivity contribution in [3.8, 4) is 40.3 Å². The lowest BCUT2D eigenvalue weighted by molar-refractivity contribution is 0.349. The fourth-order valence-corrected chi connectivity index (χ4v) is 5.52. The van der Waals surface area contributed by atoms with Crippen LogP contribution in [0.15, 0.2) is 76.2 Å². The molecule has 1 aliphatic heterocycles. The Labute approximate surface area is 237 Å². The van der Waals surface area contributed by atoms with Crippen LogP contribution >= 0.6 is 11.6 Å². The van der Waals surface area contributed by atoms with Crippen molar-refractivity contribution >= 4 is 28.2 Å². The van der Waals surface area contributed by atoms with Gasteiger partial charge in [0, 0.05) is 10.6 Å². The van der Waals surface area contributed by atoms with Crippen molar-refractivity contribution < 1.29 is 23.4 Å². The molecule has 0 saturated heterocycles. The first-order chi connectivity index (χ1) is 20.0. The third-order valence-electron chi connectivity index (χ3n) is 7.11. The molecule has 0 saturated carbocycles. The molecule has 0 aliphatic carbocycles. The molecule has 0 N–H and O–H groups in total. The van der Waals surface area contributed by atoms with Gasteiger partial charge in [-0.25, -0.2) is 19.3 Å². The SMILES string of the molecule is COc1ccc(Cl)cc1-c1nc2c3c(ncn2n1)Oc1c(c(=O)oc2ccccc12)C3c1cccc(OC)c1OC. The Balaban J connectivity index is 1.57. The molecule has 41 heavy (non-hydrogen) atoms. The molecule has 6 aromatic rings. The van der Waals surface area contributed by atoms with Gasteiger partial charge < -0.3 is 23.4 Å². The summed E-state index contributed by atoms with van der Waals surface area (Å²) in [6.45, 7) is 0. The minimum atomic E-state index is -0.755. The Bertz CT molecular complexity index is 2050. The van der Waals surface area contributed by atoms with Crippen molar-refractivity contribution in [1.29, 1.82) is 0 Å². The van der Waals surface area contributed by atoms with Crippen LogP contribution in [-0.4, -0.2) is 40.9 Å². The van der Waals surface area contributed by atoms with Crippen molar-refractivity contribution in [2.24, 2.45) is 0 Å². The highest BCUT2D eigenvalue weighted by Crippen LogP contribution is 2.52. The van der Waals surface area contributed by atoms with E-state index < -0.39 is 11.5 Å². The predicted octanol–water partition coefficient (Wildman–Crippen LogP) is 5.86. The van der Waals surface area contributed by atoms with E-state index in [1.54, 1.807) is 57.7 Å². The van der Waals surface area contributed by atoms with Crippen LogP contribution in [0, 0.1) is 0 Å². The van der Waals surface area contributed by atoms with E-state index in [1.807, 2.05) is 24.3 Å². The topological polar surface area (TPSA) is 110 Å². The van der Waals surface area contributed by atoms with Crippen LogP contribution in [0.4, 0.5) is 0 Å². The summed E-state index contributed by atoms with van der Waals surface area (Å²) >= 11 is 6.30. The number of methoxy groups -OCH3 is 3. The summed E-state index contributed by atoms with van der Waals surface area (Å²) in [4.78, 5) is 23.2. The van der Waals surface area contributed by atoms with Crippen LogP contribution in [-0.2, 0) is 0 Å². The molecule has 10 nitrogen and oxygen atoms in total. The molecule has 0 fully saturated rings. The molecular formula is C30H21ClN4O6. The zero-order chi connectivity index (χ0) is 28.2. The van der Waals surface area contributed by atoms with Gasteiger partial charge in [0.05, 0.1) is 49.3 Å². The average molecular weight is 569 g/mol. The lowest BCUT2D eigenvalue weighted by Gasteiger charge is -2.28. The number of hydrogen-bond donors (Lipinski definition) is 0. The lowest BCUT2D eigenvalue weighted by Crippen LogP contribution is -2.22. The number of fused-ring (bicyclic) bond motifs is 6. The van der Waals surface area contributed by atoms with Gasteiger partial charge in [-0.2, -0.15) is 0 Å². The smallest absolute Gasteiger partial charge is 0.344 e. The van der Waals surface area contributed by atoms with Crippen LogP contribution < -0.4 is 24.6 Å². The van der Waals surface area contributed by atoms with Crippen molar-refractivity contribution in [1.82, 2.24) is 19.6 Å². The molecule has 3 aromatic heterocycles. The number of halogens is 1. The van der Waals surface area contributed by atoms with Crippen LogP contribution in [0.2, 0.25) is 5.02 Å². The quantitative estimate of drug-likeness (QED) is 0.236. The third kappa shape index (κ3) is 3.79. The molecule has 0 bridgehead atoms. The van der Waals surface area contributed by atoms with Gasteiger partial charge in [-0.05, 0) is 36.4 Å². The highest BCUT2D eigenvalue weighted by Gasteiger charge is 2.39. The number of nitrogens with zero attached hydrogens (tertiary/aromatic N) is 4. The second-order valence-electron chi connectivity index (χ2n) is 9.26. The maximum absolute atomic E-state index is 13.7. The zero-order valence-electron chi connectivity index (χ0n) is 22.0. The van der Waals surface area contributed by atoms with E-state index in [2.05, 4.69) is 10.1 Å². The van der Waals surface area contributed by atoms with E-state index in [0.717, 1.165) is 0 Å². The number of hydrogen-bond acceptors (Lipinski definition) is 9. The highest BCUT2D eigenvalue weighted by molar-refractivity contribution is 6.30. The standard InChI is InChI=1S/C30H21ClN4O6/c1-37-19-12-11-15(31)13-18(19)27-33-28-24-22(17-8-6-10-21(38-2)25(17)39-3)23-26(41-29(24)32-14-35(28)34-27)16-7-4-5-9-20(16)40-30(23)36/h4-14,22H,1-3H3. The van der Waals surface area contributed by atoms with Gasteiger partial charge in [0.2, 0.25) is 5.88 Å². The Kier molecular flexibility index (Phi) is 5.79. The lowest BCUT2D eigenvalue weighted by atomic mass is 9.83. The van der Waals surface area contributed by atoms with Gasteiger partial charge in [-0.3, -0.25) is 0 Å². The van der Waals surface area contributed by atoms with E-state index in [-0.39, 0.29) is 11.4 Å². The fraction of sp³-hybridized carbons (Fsp3) is 0.133. The molecule has 204 valence electrons. The van der Waals surface area contributed by atoms with Gasteiger partial charge in [0.15, 0.2) is 28.7 Å². The summed E-state index contributed by atoms with van der Waals surface area (Å²) < 4.78 is 30.6. The number of ether oxygens (including phenoxy) is 4. The monoisotopic (exact) mass is 568 g/mol. The highest BCUT2D eigenvalue weighted by atomic mass is 35.5. The summed E-state index contributed by atoms with van der Waals surface area (Å²) in [7, 11) is 4.66. The van der Waals surface area contributed by atoms with E-state index in [4.69, 9.17) is 39.9 Å². The van der Waals surface area contributed by atoms with Gasteiger partial charge in [0.25, 0.3) is 0 Å². The van der Waals surface area contributed by atoms with Crippen LogP contribution in [0.5, 0.6) is 28.9 Å². The predicted molar refractivity (Wildman–Crippen MR) is 151 cm³/mol. The number of para-hydroxylation sites is 2. The molecular weight excluding hydrogens is 548 g/mol. The maximum atomic E-state index is 13.7. The van der Waals surface area contributed by atoms with Gasteiger partial charge in [0.1, 0.15) is 17.7 Å². The first kappa shape index (κ1) is 24.9. The van der Waals surface area contributed by atoms with Crippen molar-refractivity contribution in [3.05, 3.63) is 99.1 Å². The van der Waals surface area contributed by atoms with E-state index >= 15 is 0 Å². The molecule has 11 heteroatoms. The normalized spacial score (nSPS) is 13.9. The Hall–Kier alpha value is -5.09. The van der Waals surface area contributed by atoms with Gasteiger partial charge in [-0.15, -0.1) is 5.10 Å². The molecule has 0 spiro atoms.